The van der Waals surface area contributed by atoms with Gasteiger partial charge in [0.15, 0.2) is 5.13 Å². The standard InChI is InChI=1S/C27H19N3O5S3/c1-17-6-5-9-20(14-17)24(31)30-25(32)23(37-27(30)33)15-18-10-12-21(13-11-18)38(34,35)29-26-28-22(16-36-26)19-7-3-2-4-8-19/h2-16H,1H3,(H,28,29)/b23-15-. The number of carbonyl (C=O) groups excluding carboxylic acids is 3. The van der Waals surface area contributed by atoms with Crippen LogP contribution in [-0.4, -0.2) is 35.4 Å². The smallest absolute Gasteiger partial charge is 0.268 e. The molecule has 0 spiro atoms. The third-order valence-electron chi connectivity index (χ3n) is 5.55. The number of nitrogens with zero attached hydrogens (tertiary/aromatic N) is 2. The number of carbonyl (C=O) groups is 3. The van der Waals surface area contributed by atoms with Gasteiger partial charge in [-0.25, -0.2) is 18.3 Å². The van der Waals surface area contributed by atoms with Crippen molar-refractivity contribution in [3.05, 3.63) is 106 Å². The summed E-state index contributed by atoms with van der Waals surface area (Å²) in [6.07, 6.45) is 1.45. The minimum absolute atomic E-state index is 0.00819. The van der Waals surface area contributed by atoms with Gasteiger partial charge in [-0.05, 0) is 54.6 Å². The molecule has 11 heteroatoms. The molecule has 3 amide bonds. The maximum Gasteiger partial charge on any atom is 0.300 e. The topological polar surface area (TPSA) is 114 Å². The van der Waals surface area contributed by atoms with E-state index in [2.05, 4.69) is 9.71 Å². The summed E-state index contributed by atoms with van der Waals surface area (Å²) in [5.74, 6) is -1.41. The number of imide groups is 3. The molecule has 2 heterocycles. The van der Waals surface area contributed by atoms with E-state index in [0.29, 0.717) is 27.9 Å². The molecule has 4 aromatic rings. The highest BCUT2D eigenvalue weighted by atomic mass is 32.2. The number of sulfonamides is 1. The minimum atomic E-state index is -3.90. The average Bonchev–Trinajstić information content (AvgIpc) is 3.47. The molecule has 5 rings (SSSR count). The van der Waals surface area contributed by atoms with E-state index < -0.39 is 27.1 Å². The quantitative estimate of drug-likeness (QED) is 0.234. The SMILES string of the molecule is Cc1cccc(C(=O)N2C(=O)S/C(=C\c3ccc(S(=O)(=O)Nc4nc(-c5ccccc5)cs4)cc3)C2=O)c1. The van der Waals surface area contributed by atoms with Crippen molar-refractivity contribution >= 4 is 61.4 Å². The fourth-order valence-electron chi connectivity index (χ4n) is 3.68. The van der Waals surface area contributed by atoms with Crippen LogP contribution in [-0.2, 0) is 14.8 Å². The van der Waals surface area contributed by atoms with E-state index in [1.54, 1.807) is 23.6 Å². The largest absolute Gasteiger partial charge is 0.300 e. The molecule has 38 heavy (non-hydrogen) atoms. The van der Waals surface area contributed by atoms with E-state index in [0.717, 1.165) is 11.1 Å². The molecular weight excluding hydrogens is 543 g/mol. The Bertz CT molecular complexity index is 1700. The molecule has 190 valence electrons. The molecule has 0 saturated carbocycles. The zero-order valence-corrected chi connectivity index (χ0v) is 22.3. The lowest BCUT2D eigenvalue weighted by Gasteiger charge is -2.10. The lowest BCUT2D eigenvalue weighted by Crippen LogP contribution is -2.34. The van der Waals surface area contributed by atoms with Crippen LogP contribution in [0.3, 0.4) is 0 Å². The number of aromatic nitrogens is 1. The summed E-state index contributed by atoms with van der Waals surface area (Å²) in [6, 6.07) is 21.9. The number of hydrogen-bond acceptors (Lipinski definition) is 8. The van der Waals surface area contributed by atoms with Crippen LogP contribution in [0.5, 0.6) is 0 Å². The highest BCUT2D eigenvalue weighted by molar-refractivity contribution is 8.18. The molecule has 0 bridgehead atoms. The molecule has 0 unspecified atom stereocenters. The van der Waals surface area contributed by atoms with Gasteiger partial charge in [0.25, 0.3) is 21.8 Å². The van der Waals surface area contributed by atoms with Crippen molar-refractivity contribution in [3.8, 4) is 11.3 Å². The summed E-state index contributed by atoms with van der Waals surface area (Å²) in [5, 5.41) is 1.32. The van der Waals surface area contributed by atoms with Crippen LogP contribution in [0, 0.1) is 6.92 Å². The Labute approximate surface area is 227 Å². The van der Waals surface area contributed by atoms with E-state index in [1.807, 2.05) is 43.3 Å². The van der Waals surface area contributed by atoms with Gasteiger partial charge in [0.1, 0.15) is 0 Å². The molecule has 1 saturated heterocycles. The summed E-state index contributed by atoms with van der Waals surface area (Å²) in [4.78, 5) is 43.1. The van der Waals surface area contributed by atoms with Crippen molar-refractivity contribution in [1.29, 1.82) is 0 Å². The average molecular weight is 562 g/mol. The number of benzene rings is 3. The van der Waals surface area contributed by atoms with Crippen LogP contribution in [0.1, 0.15) is 21.5 Å². The Morgan fingerprint density at radius 3 is 2.42 bits per heavy atom. The summed E-state index contributed by atoms with van der Waals surface area (Å²) >= 11 is 1.83. The van der Waals surface area contributed by atoms with E-state index >= 15 is 0 Å². The highest BCUT2D eigenvalue weighted by Gasteiger charge is 2.40. The number of rotatable bonds is 6. The summed E-state index contributed by atoms with van der Waals surface area (Å²) < 4.78 is 28.2. The van der Waals surface area contributed by atoms with Crippen molar-refractivity contribution in [3.63, 3.8) is 0 Å². The zero-order valence-electron chi connectivity index (χ0n) is 19.8. The molecule has 8 nitrogen and oxygen atoms in total. The third kappa shape index (κ3) is 5.30. The van der Waals surface area contributed by atoms with Gasteiger partial charge in [-0.15, -0.1) is 11.3 Å². The van der Waals surface area contributed by atoms with Gasteiger partial charge < -0.3 is 0 Å². The van der Waals surface area contributed by atoms with Crippen LogP contribution in [0.2, 0.25) is 0 Å². The maximum atomic E-state index is 12.9. The number of thiazole rings is 1. The zero-order chi connectivity index (χ0) is 26.9. The third-order valence-corrected chi connectivity index (χ3v) is 8.66. The Hall–Kier alpha value is -4.06. The number of aryl methyl sites for hydroxylation is 1. The monoisotopic (exact) mass is 561 g/mol. The van der Waals surface area contributed by atoms with Crippen molar-refractivity contribution < 1.29 is 22.8 Å². The first-order valence-electron chi connectivity index (χ1n) is 11.2. The van der Waals surface area contributed by atoms with E-state index in [1.165, 1.54) is 41.7 Å². The summed E-state index contributed by atoms with van der Waals surface area (Å²) in [6.45, 7) is 1.81. The molecule has 1 N–H and O–H groups in total. The van der Waals surface area contributed by atoms with Crippen molar-refractivity contribution in [2.45, 2.75) is 11.8 Å². The number of thioether (sulfide) groups is 1. The van der Waals surface area contributed by atoms with Gasteiger partial charge >= 0.3 is 5.24 Å². The Morgan fingerprint density at radius 1 is 0.974 bits per heavy atom. The molecule has 0 radical (unpaired) electrons. The van der Waals surface area contributed by atoms with Gasteiger partial charge in [0.05, 0.1) is 15.5 Å². The molecule has 1 aromatic heterocycles. The fourth-order valence-corrected chi connectivity index (χ4v) is 6.47. The van der Waals surface area contributed by atoms with Gasteiger partial charge in [0.2, 0.25) is 0 Å². The van der Waals surface area contributed by atoms with Gasteiger partial charge in [-0.1, -0.05) is 60.2 Å². The normalized spacial score (nSPS) is 14.8. The van der Waals surface area contributed by atoms with Gasteiger partial charge in [-0.2, -0.15) is 0 Å². The minimum Gasteiger partial charge on any atom is -0.268 e. The predicted molar refractivity (Wildman–Crippen MR) is 148 cm³/mol. The van der Waals surface area contributed by atoms with E-state index in [-0.39, 0.29) is 20.5 Å². The number of anilines is 1. The Morgan fingerprint density at radius 2 is 1.71 bits per heavy atom. The van der Waals surface area contributed by atoms with Crippen molar-refractivity contribution in [1.82, 2.24) is 9.88 Å². The van der Waals surface area contributed by atoms with Gasteiger partial charge in [0, 0.05) is 16.5 Å². The molecule has 1 aliphatic rings. The first-order chi connectivity index (χ1) is 18.2. The van der Waals surface area contributed by atoms with Crippen molar-refractivity contribution in [2.75, 3.05) is 4.72 Å². The first-order valence-corrected chi connectivity index (χ1v) is 14.4. The van der Waals surface area contributed by atoms with Crippen LogP contribution >= 0.6 is 23.1 Å². The fraction of sp³-hybridized carbons (Fsp3) is 0.0370. The Balaban J connectivity index is 1.30. The second kappa shape index (κ2) is 10.4. The second-order valence-electron chi connectivity index (χ2n) is 8.27. The van der Waals surface area contributed by atoms with Crippen LogP contribution < -0.4 is 4.72 Å². The molecular formula is C27H19N3O5S3. The van der Waals surface area contributed by atoms with Crippen LogP contribution in [0.4, 0.5) is 9.93 Å². The van der Waals surface area contributed by atoms with E-state index in [9.17, 15) is 22.8 Å². The van der Waals surface area contributed by atoms with Gasteiger partial charge in [-0.3, -0.25) is 19.1 Å². The van der Waals surface area contributed by atoms with E-state index in [4.69, 9.17) is 0 Å². The molecule has 1 aliphatic heterocycles. The number of hydrogen-bond donors (Lipinski definition) is 1. The molecule has 0 atom stereocenters. The molecule has 3 aromatic carbocycles. The number of amides is 3. The molecule has 1 fully saturated rings. The lowest BCUT2D eigenvalue weighted by atomic mass is 10.1. The van der Waals surface area contributed by atoms with Crippen molar-refractivity contribution in [2.24, 2.45) is 0 Å². The summed E-state index contributed by atoms with van der Waals surface area (Å²) in [5.41, 5.74) is 3.11. The maximum absolute atomic E-state index is 12.9. The Kier molecular flexibility index (Phi) is 6.98. The predicted octanol–water partition coefficient (Wildman–Crippen LogP) is 5.80. The van der Waals surface area contributed by atoms with Crippen LogP contribution in [0.25, 0.3) is 17.3 Å². The lowest BCUT2D eigenvalue weighted by molar-refractivity contribution is -0.120. The van der Waals surface area contributed by atoms with Crippen LogP contribution in [0.15, 0.2) is 94.0 Å². The summed E-state index contributed by atoms with van der Waals surface area (Å²) in [7, 11) is -3.90. The number of nitrogens with one attached hydrogen (secondary N) is 1. The molecule has 0 aliphatic carbocycles. The second-order valence-corrected chi connectivity index (χ2v) is 11.8. The highest BCUT2D eigenvalue weighted by Crippen LogP contribution is 2.34. The first kappa shape index (κ1) is 25.6.